The van der Waals surface area contributed by atoms with Crippen molar-refractivity contribution in [1.29, 1.82) is 0 Å². The SMILES string of the molecule is O=[N+]([O-])c1cc[n+](-c2ccc(-c3ccc(O)cc3)cc2)cc1. The van der Waals surface area contributed by atoms with E-state index >= 15 is 0 Å². The Morgan fingerprint density at radius 2 is 1.32 bits per heavy atom. The number of phenolic OH excluding ortho intramolecular Hbond substituents is 1. The van der Waals surface area contributed by atoms with E-state index in [1.807, 2.05) is 41.0 Å². The molecule has 0 unspecified atom stereocenters. The molecule has 0 atom stereocenters. The predicted octanol–water partition coefficient (Wildman–Crippen LogP) is 3.24. The highest BCUT2D eigenvalue weighted by Gasteiger charge is 2.10. The van der Waals surface area contributed by atoms with Crippen LogP contribution in [0, 0.1) is 10.1 Å². The lowest BCUT2D eigenvalue weighted by atomic mass is 10.1. The first kappa shape index (κ1) is 13.8. The lowest BCUT2D eigenvalue weighted by molar-refractivity contribution is -0.596. The second kappa shape index (κ2) is 5.65. The average Bonchev–Trinajstić information content (AvgIpc) is 2.56. The van der Waals surface area contributed by atoms with Gasteiger partial charge in [-0.2, -0.15) is 4.57 Å². The molecule has 0 fully saturated rings. The van der Waals surface area contributed by atoms with Gasteiger partial charge in [-0.3, -0.25) is 10.1 Å². The Morgan fingerprint density at radius 1 is 0.818 bits per heavy atom. The van der Waals surface area contributed by atoms with Crippen LogP contribution in [0.5, 0.6) is 5.75 Å². The maximum Gasteiger partial charge on any atom is 0.281 e. The van der Waals surface area contributed by atoms with E-state index in [-0.39, 0.29) is 11.4 Å². The molecular weight excluding hydrogens is 280 g/mol. The van der Waals surface area contributed by atoms with Gasteiger partial charge in [0.25, 0.3) is 5.69 Å². The molecule has 2 aromatic carbocycles. The number of phenols is 1. The Labute approximate surface area is 126 Å². The Kier molecular flexibility index (Phi) is 3.53. The molecule has 0 aliphatic carbocycles. The first-order valence-corrected chi connectivity index (χ1v) is 6.69. The zero-order valence-corrected chi connectivity index (χ0v) is 11.6. The van der Waals surface area contributed by atoms with Crippen molar-refractivity contribution in [1.82, 2.24) is 0 Å². The van der Waals surface area contributed by atoms with Crippen molar-refractivity contribution in [2.24, 2.45) is 0 Å². The lowest BCUT2D eigenvalue weighted by Crippen LogP contribution is -2.29. The van der Waals surface area contributed by atoms with Gasteiger partial charge in [-0.1, -0.05) is 12.1 Å². The zero-order chi connectivity index (χ0) is 15.5. The number of aromatic hydroxyl groups is 1. The summed E-state index contributed by atoms with van der Waals surface area (Å²) in [5.74, 6) is 0.238. The molecule has 0 amide bonds. The fraction of sp³-hybridized carbons (Fsp3) is 0. The van der Waals surface area contributed by atoms with Gasteiger partial charge in [0.05, 0.1) is 17.1 Å². The predicted molar refractivity (Wildman–Crippen MR) is 81.7 cm³/mol. The number of benzene rings is 2. The van der Waals surface area contributed by atoms with Crippen LogP contribution in [0.25, 0.3) is 16.8 Å². The molecule has 22 heavy (non-hydrogen) atoms. The second-order valence-corrected chi connectivity index (χ2v) is 4.81. The lowest BCUT2D eigenvalue weighted by Gasteiger charge is -2.02. The van der Waals surface area contributed by atoms with E-state index in [4.69, 9.17) is 0 Å². The molecule has 0 saturated carbocycles. The van der Waals surface area contributed by atoms with Crippen LogP contribution in [0.15, 0.2) is 73.1 Å². The molecule has 1 heterocycles. The smallest absolute Gasteiger partial charge is 0.281 e. The van der Waals surface area contributed by atoms with E-state index in [1.54, 1.807) is 24.5 Å². The highest BCUT2D eigenvalue weighted by atomic mass is 16.6. The van der Waals surface area contributed by atoms with Crippen molar-refractivity contribution in [2.75, 3.05) is 0 Å². The summed E-state index contributed by atoms with van der Waals surface area (Å²) in [5.41, 5.74) is 3.03. The molecule has 0 aliphatic rings. The van der Waals surface area contributed by atoms with Crippen molar-refractivity contribution < 1.29 is 14.6 Å². The van der Waals surface area contributed by atoms with Crippen LogP contribution in [-0.2, 0) is 0 Å². The highest BCUT2D eigenvalue weighted by molar-refractivity contribution is 5.64. The molecular formula is C17H13N2O3+. The largest absolute Gasteiger partial charge is 0.508 e. The van der Waals surface area contributed by atoms with Gasteiger partial charge in [-0.25, -0.2) is 0 Å². The van der Waals surface area contributed by atoms with Crippen LogP contribution in [0.3, 0.4) is 0 Å². The summed E-state index contributed by atoms with van der Waals surface area (Å²) in [5, 5.41) is 20.0. The minimum atomic E-state index is -0.418. The fourth-order valence-corrected chi connectivity index (χ4v) is 2.19. The molecule has 108 valence electrons. The number of pyridine rings is 1. The van der Waals surface area contributed by atoms with Gasteiger partial charge >= 0.3 is 0 Å². The van der Waals surface area contributed by atoms with Gasteiger partial charge in [-0.05, 0) is 35.4 Å². The second-order valence-electron chi connectivity index (χ2n) is 4.81. The van der Waals surface area contributed by atoms with Crippen LogP contribution >= 0.6 is 0 Å². The average molecular weight is 293 g/mol. The van der Waals surface area contributed by atoms with Gasteiger partial charge < -0.3 is 5.11 Å². The normalized spacial score (nSPS) is 10.4. The Hall–Kier alpha value is -3.21. The first-order chi connectivity index (χ1) is 10.6. The molecule has 0 saturated heterocycles. The number of nitro groups is 1. The molecule has 0 aliphatic heterocycles. The summed E-state index contributed by atoms with van der Waals surface area (Å²) in [7, 11) is 0. The standard InChI is InChI=1S/C17H12N2O3/c20-17-7-3-14(4-8-17)13-1-5-15(6-2-13)18-11-9-16(10-12-18)19(21)22/h1-12H/p+1. The van der Waals surface area contributed by atoms with Crippen LogP contribution in [0.4, 0.5) is 5.69 Å². The summed E-state index contributed by atoms with van der Waals surface area (Å²) < 4.78 is 1.81. The third-order valence-corrected chi connectivity index (χ3v) is 3.39. The summed E-state index contributed by atoms with van der Waals surface area (Å²) in [6.07, 6.45) is 3.32. The molecule has 0 bridgehead atoms. The third-order valence-electron chi connectivity index (χ3n) is 3.39. The van der Waals surface area contributed by atoms with Gasteiger partial charge in [0.1, 0.15) is 5.75 Å². The molecule has 0 radical (unpaired) electrons. The number of rotatable bonds is 3. The molecule has 1 aromatic heterocycles. The van der Waals surface area contributed by atoms with Crippen molar-refractivity contribution >= 4 is 5.69 Å². The zero-order valence-electron chi connectivity index (χ0n) is 11.6. The molecule has 5 heteroatoms. The number of hydrogen-bond donors (Lipinski definition) is 1. The molecule has 3 rings (SSSR count). The minimum Gasteiger partial charge on any atom is -0.508 e. The number of nitrogens with zero attached hydrogens (tertiary/aromatic N) is 2. The molecule has 3 aromatic rings. The fourth-order valence-electron chi connectivity index (χ4n) is 2.19. The third kappa shape index (κ3) is 2.78. The van der Waals surface area contributed by atoms with Crippen LogP contribution < -0.4 is 4.57 Å². The summed E-state index contributed by atoms with van der Waals surface area (Å²) >= 11 is 0. The topological polar surface area (TPSA) is 67.2 Å². The van der Waals surface area contributed by atoms with E-state index < -0.39 is 4.92 Å². The van der Waals surface area contributed by atoms with E-state index in [2.05, 4.69) is 0 Å². The number of aromatic nitrogens is 1. The molecule has 5 nitrogen and oxygen atoms in total. The summed E-state index contributed by atoms with van der Waals surface area (Å²) in [6, 6.07) is 17.7. The highest BCUT2D eigenvalue weighted by Crippen LogP contribution is 2.22. The Balaban J connectivity index is 1.87. The van der Waals surface area contributed by atoms with E-state index in [9.17, 15) is 15.2 Å². The van der Waals surface area contributed by atoms with Crippen LogP contribution in [0.2, 0.25) is 0 Å². The Morgan fingerprint density at radius 3 is 1.82 bits per heavy atom. The van der Waals surface area contributed by atoms with Crippen LogP contribution in [-0.4, -0.2) is 10.0 Å². The first-order valence-electron chi connectivity index (χ1n) is 6.69. The summed E-state index contributed by atoms with van der Waals surface area (Å²) in [4.78, 5) is 10.2. The van der Waals surface area contributed by atoms with E-state index in [1.165, 1.54) is 12.1 Å². The van der Waals surface area contributed by atoms with E-state index in [0.717, 1.165) is 16.8 Å². The van der Waals surface area contributed by atoms with Crippen molar-refractivity contribution in [3.8, 4) is 22.6 Å². The van der Waals surface area contributed by atoms with Crippen molar-refractivity contribution in [2.45, 2.75) is 0 Å². The Bertz CT molecular complexity index is 795. The molecule has 1 N–H and O–H groups in total. The molecule has 0 spiro atoms. The monoisotopic (exact) mass is 293 g/mol. The maximum absolute atomic E-state index is 10.7. The maximum atomic E-state index is 10.7. The van der Waals surface area contributed by atoms with E-state index in [0.29, 0.717) is 0 Å². The minimum absolute atomic E-state index is 0.0666. The van der Waals surface area contributed by atoms with Gasteiger partial charge in [0.15, 0.2) is 12.4 Å². The van der Waals surface area contributed by atoms with Crippen molar-refractivity contribution in [3.63, 3.8) is 0 Å². The quantitative estimate of drug-likeness (QED) is 0.458. The summed E-state index contributed by atoms with van der Waals surface area (Å²) in [6.45, 7) is 0. The van der Waals surface area contributed by atoms with Crippen molar-refractivity contribution in [3.05, 3.63) is 83.2 Å². The number of hydrogen-bond acceptors (Lipinski definition) is 3. The van der Waals surface area contributed by atoms with Gasteiger partial charge in [0.2, 0.25) is 5.69 Å². The van der Waals surface area contributed by atoms with Crippen LogP contribution in [0.1, 0.15) is 0 Å². The van der Waals surface area contributed by atoms with Gasteiger partial charge in [-0.15, -0.1) is 0 Å². The van der Waals surface area contributed by atoms with Gasteiger partial charge in [0, 0.05) is 12.1 Å².